The topological polar surface area (TPSA) is 84.4 Å². The lowest BCUT2D eigenvalue weighted by molar-refractivity contribution is 0.259. The summed E-state index contributed by atoms with van der Waals surface area (Å²) in [5.74, 6) is 1.98. The largest absolute Gasteiger partial charge is 0.351 e. The van der Waals surface area contributed by atoms with E-state index >= 15 is 0 Å². The van der Waals surface area contributed by atoms with Gasteiger partial charge in [0, 0.05) is 18.0 Å². The van der Waals surface area contributed by atoms with Crippen molar-refractivity contribution in [2.24, 2.45) is 16.8 Å². The molecule has 0 spiro atoms. The lowest BCUT2D eigenvalue weighted by Gasteiger charge is -2.17. The van der Waals surface area contributed by atoms with E-state index < -0.39 is 6.03 Å². The van der Waals surface area contributed by atoms with E-state index in [1.54, 1.807) is 0 Å². The lowest BCUT2D eigenvalue weighted by atomic mass is 9.94. The molecule has 1 aliphatic heterocycles. The quantitative estimate of drug-likeness (QED) is 0.686. The molecule has 1 heterocycles. The first kappa shape index (κ1) is 21.1. The van der Waals surface area contributed by atoms with Gasteiger partial charge in [-0.1, -0.05) is 31.9 Å². The molecule has 3 rings (SSSR count). The molecule has 0 bridgehead atoms. The molecular formula is C20H34N4OS. The van der Waals surface area contributed by atoms with Gasteiger partial charge in [-0.25, -0.2) is 4.79 Å². The number of benzene rings is 1. The van der Waals surface area contributed by atoms with E-state index in [0.29, 0.717) is 0 Å². The van der Waals surface area contributed by atoms with Crippen LogP contribution in [0, 0.1) is 5.92 Å². The first-order valence-electron chi connectivity index (χ1n) is 9.73. The number of likely N-dealkylation sites (tertiary alicyclic amines) is 1. The summed E-state index contributed by atoms with van der Waals surface area (Å²) in [6, 6.07) is 1.86. The van der Waals surface area contributed by atoms with E-state index in [0.717, 1.165) is 43.0 Å². The number of primary amides is 1. The van der Waals surface area contributed by atoms with Crippen LogP contribution in [0.5, 0.6) is 0 Å². The smallest absolute Gasteiger partial charge is 0.316 e. The zero-order valence-electron chi connectivity index (χ0n) is 16.4. The molecule has 1 atom stereocenters. The van der Waals surface area contributed by atoms with Crippen LogP contribution in [0.2, 0.25) is 0 Å². The Morgan fingerprint density at radius 3 is 2.65 bits per heavy atom. The number of rotatable bonds is 5. The van der Waals surface area contributed by atoms with Crippen molar-refractivity contribution in [2.45, 2.75) is 52.4 Å². The third-order valence-electron chi connectivity index (χ3n) is 5.40. The van der Waals surface area contributed by atoms with Gasteiger partial charge in [0.2, 0.25) is 0 Å². The molecule has 1 unspecified atom stereocenters. The summed E-state index contributed by atoms with van der Waals surface area (Å²) in [5, 5.41) is 8.19. The van der Waals surface area contributed by atoms with Gasteiger partial charge in [-0.05, 0) is 80.3 Å². The Morgan fingerprint density at radius 1 is 1.35 bits per heavy atom. The Bertz CT molecular complexity index is 618. The van der Waals surface area contributed by atoms with Crippen LogP contribution in [-0.2, 0) is 25.7 Å². The maximum atomic E-state index is 11.1. The number of fused-ring (bicyclic) bond motifs is 1. The highest BCUT2D eigenvalue weighted by Crippen LogP contribution is 2.35. The molecule has 5 nitrogen and oxygen atoms in total. The second kappa shape index (κ2) is 10.2. The minimum atomic E-state index is -0.456. The van der Waals surface area contributed by atoms with Gasteiger partial charge in [0.15, 0.2) is 0 Å². The summed E-state index contributed by atoms with van der Waals surface area (Å²) in [6.45, 7) is 6.78. The van der Waals surface area contributed by atoms with E-state index in [1.807, 2.05) is 0 Å². The number of carbonyl (C=O) groups excluding carboxylic acids is 1. The van der Waals surface area contributed by atoms with Gasteiger partial charge in [-0.2, -0.15) is 0 Å². The molecule has 0 radical (unpaired) electrons. The van der Waals surface area contributed by atoms with Crippen molar-refractivity contribution in [3.8, 4) is 0 Å². The third-order valence-corrected chi connectivity index (χ3v) is 6.07. The number of aryl methyl sites for hydroxylation is 2. The summed E-state index contributed by atoms with van der Waals surface area (Å²) in [4.78, 5) is 13.5. The van der Waals surface area contributed by atoms with Crippen LogP contribution in [-0.4, -0.2) is 36.8 Å². The van der Waals surface area contributed by atoms with Crippen molar-refractivity contribution in [2.75, 3.05) is 31.2 Å². The highest BCUT2D eigenvalue weighted by Gasteiger charge is 2.21. The predicted molar refractivity (Wildman–Crippen MR) is 113 cm³/mol. The van der Waals surface area contributed by atoms with E-state index in [4.69, 9.17) is 10.9 Å². The molecular weight excluding hydrogens is 344 g/mol. The Morgan fingerprint density at radius 2 is 2.12 bits per heavy atom. The summed E-state index contributed by atoms with van der Waals surface area (Å²) in [5.41, 5.74) is 11.6. The number of anilines is 1. The van der Waals surface area contributed by atoms with Crippen molar-refractivity contribution in [3.63, 3.8) is 0 Å². The number of hydrogen-bond acceptors (Lipinski definition) is 4. The van der Waals surface area contributed by atoms with Crippen LogP contribution in [0.15, 0.2) is 6.07 Å². The highest BCUT2D eigenvalue weighted by molar-refractivity contribution is 7.97. The van der Waals surface area contributed by atoms with Crippen LogP contribution < -0.4 is 16.2 Å². The van der Waals surface area contributed by atoms with E-state index in [9.17, 15) is 4.79 Å². The number of hydrogen-bond donors (Lipinski definition) is 3. The molecule has 146 valence electrons. The number of nitrogens with zero attached hydrogens (tertiary/aromatic N) is 1. The second-order valence-corrected chi connectivity index (χ2v) is 7.99. The summed E-state index contributed by atoms with van der Waals surface area (Å²) in [6.07, 6.45) is 6.64. The molecule has 26 heavy (non-hydrogen) atoms. The number of amides is 2. The number of nitrogens with one attached hydrogen (secondary N) is 1. The second-order valence-electron chi connectivity index (χ2n) is 7.33. The van der Waals surface area contributed by atoms with Gasteiger partial charge in [0.1, 0.15) is 0 Å². The molecule has 0 saturated carbocycles. The van der Waals surface area contributed by atoms with Crippen molar-refractivity contribution in [3.05, 3.63) is 28.3 Å². The Labute approximate surface area is 162 Å². The molecule has 1 aliphatic carbocycles. The minimum absolute atomic E-state index is 0.456. The fourth-order valence-electron chi connectivity index (χ4n) is 4.14. The van der Waals surface area contributed by atoms with Gasteiger partial charge >= 0.3 is 6.03 Å². The van der Waals surface area contributed by atoms with Crippen LogP contribution in [0.3, 0.4) is 0 Å². The van der Waals surface area contributed by atoms with Gasteiger partial charge in [-0.3, -0.25) is 5.14 Å². The molecule has 1 fully saturated rings. The monoisotopic (exact) mass is 378 g/mol. The van der Waals surface area contributed by atoms with Crippen LogP contribution >= 0.6 is 11.9 Å². The average molecular weight is 379 g/mol. The first-order valence-corrected chi connectivity index (χ1v) is 10.8. The normalized spacial score (nSPS) is 19.0. The highest BCUT2D eigenvalue weighted by atomic mass is 32.2. The Kier molecular flexibility index (Phi) is 8.25. The van der Waals surface area contributed by atoms with Crippen molar-refractivity contribution < 1.29 is 4.79 Å². The van der Waals surface area contributed by atoms with Crippen molar-refractivity contribution in [1.82, 2.24) is 4.90 Å². The third kappa shape index (κ3) is 5.38. The fraction of sp³-hybridized carbons (Fsp3) is 0.650. The maximum Gasteiger partial charge on any atom is 0.316 e. The first-order chi connectivity index (χ1) is 12.5. The summed E-state index contributed by atoms with van der Waals surface area (Å²) >= 11 is 1.47. The van der Waals surface area contributed by atoms with Crippen molar-refractivity contribution in [1.29, 1.82) is 0 Å². The Hall–Kier alpha value is -1.24. The minimum Gasteiger partial charge on any atom is -0.351 e. The fourth-order valence-corrected chi connectivity index (χ4v) is 4.69. The summed E-state index contributed by atoms with van der Waals surface area (Å²) < 4.78 is 0. The Balaban J connectivity index is 0.000000228. The van der Waals surface area contributed by atoms with Crippen LogP contribution in [0.25, 0.3) is 0 Å². The number of carbonyl (C=O) groups is 1. The molecule has 2 aliphatic rings. The van der Waals surface area contributed by atoms with E-state index in [-0.39, 0.29) is 0 Å². The lowest BCUT2D eigenvalue weighted by Crippen LogP contribution is -2.21. The van der Waals surface area contributed by atoms with Gasteiger partial charge in [0.25, 0.3) is 0 Å². The zero-order chi connectivity index (χ0) is 19.1. The zero-order valence-corrected chi connectivity index (χ0v) is 17.3. The average Bonchev–Trinajstić information content (AvgIpc) is 3.23. The SMILES string of the molecule is CCc1cc2c(c(NC(N)=O)c1CC)CCC2.CN1CCC(CSN)C1. The maximum absolute atomic E-state index is 11.1. The molecule has 2 amide bonds. The van der Waals surface area contributed by atoms with E-state index in [2.05, 4.69) is 37.2 Å². The molecule has 5 N–H and O–H groups in total. The molecule has 6 heteroatoms. The van der Waals surface area contributed by atoms with Gasteiger partial charge in [-0.15, -0.1) is 0 Å². The molecule has 1 aromatic carbocycles. The van der Waals surface area contributed by atoms with Crippen LogP contribution in [0.4, 0.5) is 10.5 Å². The standard InChI is InChI=1S/C14H20N2O.C6H14N2S/c1-3-9-8-10-6-5-7-12(10)13(11(9)4-2)16-14(15)17;1-8-3-2-6(4-8)5-9-7/h8H,3-7H2,1-2H3,(H3,15,16,17);6H,2-5,7H2,1H3. The molecule has 0 aromatic heterocycles. The van der Waals surface area contributed by atoms with Gasteiger partial charge < -0.3 is 16.0 Å². The van der Waals surface area contributed by atoms with Gasteiger partial charge in [0.05, 0.1) is 0 Å². The summed E-state index contributed by atoms with van der Waals surface area (Å²) in [7, 11) is 2.17. The predicted octanol–water partition coefficient (Wildman–Crippen LogP) is 3.34. The van der Waals surface area contributed by atoms with E-state index in [1.165, 1.54) is 60.1 Å². The van der Waals surface area contributed by atoms with Crippen molar-refractivity contribution >= 4 is 23.7 Å². The molecule has 1 aromatic rings. The number of urea groups is 1. The number of nitrogens with two attached hydrogens (primary N) is 2. The van der Waals surface area contributed by atoms with Crippen LogP contribution in [0.1, 0.15) is 48.9 Å². The molecule has 1 saturated heterocycles.